The summed E-state index contributed by atoms with van der Waals surface area (Å²) in [6.07, 6.45) is 4.42. The number of nitrogens with two attached hydrogens (primary N) is 1. The molecule has 0 aliphatic heterocycles. The maximum atomic E-state index is 11.2. The highest BCUT2D eigenvalue weighted by atomic mass is 16.5. The smallest absolute Gasteiger partial charge is 0.0911 e. The first-order valence-electron chi connectivity index (χ1n) is 5.15. The fourth-order valence-corrected chi connectivity index (χ4v) is 1.66. The van der Waals surface area contributed by atoms with E-state index in [0.717, 1.165) is 36.1 Å². The molecule has 1 aromatic carbocycles. The number of imidazole rings is 1. The van der Waals surface area contributed by atoms with Gasteiger partial charge in [-0.2, -0.15) is 0 Å². The van der Waals surface area contributed by atoms with E-state index >= 15 is 0 Å². The van der Waals surface area contributed by atoms with Crippen molar-refractivity contribution in [2.24, 2.45) is 5.73 Å². The minimum Gasteiger partial charge on any atom is -0.805 e. The number of nitrogens with zero attached hydrogens (tertiary/aromatic N) is 2. The minimum absolute atomic E-state index is 0.637. The van der Waals surface area contributed by atoms with E-state index in [0.29, 0.717) is 5.52 Å². The summed E-state index contributed by atoms with van der Waals surface area (Å²) < 4.78 is 0.791. The zero-order valence-electron chi connectivity index (χ0n) is 8.52. The first kappa shape index (κ1) is 9.98. The summed E-state index contributed by atoms with van der Waals surface area (Å²) in [7, 11) is 0. The summed E-state index contributed by atoms with van der Waals surface area (Å²) in [5.41, 5.74) is 8.06. The zero-order valence-corrected chi connectivity index (χ0v) is 8.52. The van der Waals surface area contributed by atoms with Gasteiger partial charge >= 0.3 is 0 Å². The van der Waals surface area contributed by atoms with E-state index in [4.69, 9.17) is 5.73 Å². The largest absolute Gasteiger partial charge is 0.805 e. The third-order valence-electron chi connectivity index (χ3n) is 2.50. The van der Waals surface area contributed by atoms with Crippen LogP contribution in [0.3, 0.4) is 0 Å². The average molecular weight is 204 g/mol. The Morgan fingerprint density at radius 2 is 2.20 bits per heavy atom. The van der Waals surface area contributed by atoms with E-state index in [1.807, 2.05) is 18.2 Å². The number of benzene rings is 1. The molecule has 0 aliphatic rings. The van der Waals surface area contributed by atoms with Gasteiger partial charge in [-0.25, -0.2) is 4.98 Å². The minimum atomic E-state index is 0.637. The lowest BCUT2D eigenvalue weighted by molar-refractivity contribution is 0.745. The van der Waals surface area contributed by atoms with Crippen molar-refractivity contribution in [3.8, 4) is 0 Å². The lowest BCUT2D eigenvalue weighted by Gasteiger charge is -2.06. The van der Waals surface area contributed by atoms with Crippen molar-refractivity contribution in [2.75, 3.05) is 6.54 Å². The molecule has 80 valence electrons. The van der Waals surface area contributed by atoms with Crippen molar-refractivity contribution >= 4 is 11.0 Å². The van der Waals surface area contributed by atoms with Gasteiger partial charge in [-0.1, -0.05) is 6.07 Å². The second-order valence-corrected chi connectivity index (χ2v) is 3.64. The molecule has 0 fully saturated rings. The van der Waals surface area contributed by atoms with Gasteiger partial charge in [0.25, 0.3) is 0 Å². The SMILES string of the molecule is NCCCCc1ccc2c(c1)ncn2[O-]. The van der Waals surface area contributed by atoms with Crippen molar-refractivity contribution in [3.05, 3.63) is 35.3 Å². The van der Waals surface area contributed by atoms with Crippen LogP contribution < -0.4 is 5.73 Å². The first-order chi connectivity index (χ1) is 7.31. The number of fused-ring (bicyclic) bond motifs is 1. The lowest BCUT2D eigenvalue weighted by atomic mass is 10.1. The van der Waals surface area contributed by atoms with E-state index in [2.05, 4.69) is 4.98 Å². The van der Waals surface area contributed by atoms with Crippen molar-refractivity contribution in [1.82, 2.24) is 9.71 Å². The highest BCUT2D eigenvalue weighted by Crippen LogP contribution is 2.15. The Morgan fingerprint density at radius 3 is 3.00 bits per heavy atom. The van der Waals surface area contributed by atoms with Gasteiger partial charge < -0.3 is 15.7 Å². The van der Waals surface area contributed by atoms with Crippen molar-refractivity contribution in [1.29, 1.82) is 0 Å². The molecule has 0 saturated heterocycles. The fraction of sp³-hybridized carbons (Fsp3) is 0.364. The highest BCUT2D eigenvalue weighted by Gasteiger charge is 1.99. The fourth-order valence-electron chi connectivity index (χ4n) is 1.66. The second kappa shape index (κ2) is 4.31. The van der Waals surface area contributed by atoms with Crippen LogP contribution in [0.25, 0.3) is 11.0 Å². The molecule has 0 bridgehead atoms. The molecule has 1 aromatic heterocycles. The van der Waals surface area contributed by atoms with E-state index in [1.54, 1.807) is 0 Å². The number of unbranched alkanes of at least 4 members (excludes halogenated alkanes) is 1. The first-order valence-corrected chi connectivity index (χ1v) is 5.15. The Kier molecular flexibility index (Phi) is 2.87. The number of aromatic nitrogens is 2. The van der Waals surface area contributed by atoms with Crippen molar-refractivity contribution in [2.45, 2.75) is 19.3 Å². The summed E-state index contributed by atoms with van der Waals surface area (Å²) >= 11 is 0. The van der Waals surface area contributed by atoms with Crippen LogP contribution in [-0.4, -0.2) is 16.3 Å². The molecule has 0 amide bonds. The molecule has 2 rings (SSSR count). The maximum absolute atomic E-state index is 11.2. The number of rotatable bonds is 4. The summed E-state index contributed by atoms with van der Waals surface area (Å²) in [4.78, 5) is 4.03. The van der Waals surface area contributed by atoms with E-state index in [9.17, 15) is 5.21 Å². The quantitative estimate of drug-likeness (QED) is 0.770. The molecule has 1 heterocycles. The molecule has 2 aromatic rings. The van der Waals surface area contributed by atoms with Crippen LogP contribution in [0.5, 0.6) is 0 Å². The van der Waals surface area contributed by atoms with Gasteiger partial charge in [-0.15, -0.1) is 0 Å². The third kappa shape index (κ3) is 2.10. The molecule has 0 saturated carbocycles. The molecule has 2 N–H and O–H groups in total. The van der Waals surface area contributed by atoms with Gasteiger partial charge in [-0.3, -0.25) is 0 Å². The molecule has 15 heavy (non-hydrogen) atoms. The molecule has 0 radical (unpaired) electrons. The van der Waals surface area contributed by atoms with E-state index in [1.165, 1.54) is 11.9 Å². The summed E-state index contributed by atoms with van der Waals surface area (Å²) in [6.45, 7) is 0.734. The van der Waals surface area contributed by atoms with Crippen molar-refractivity contribution < 1.29 is 0 Å². The summed E-state index contributed by atoms with van der Waals surface area (Å²) in [5.74, 6) is 0. The Hall–Kier alpha value is -1.55. The maximum Gasteiger partial charge on any atom is 0.0911 e. The van der Waals surface area contributed by atoms with Crippen LogP contribution in [0.15, 0.2) is 24.5 Å². The average Bonchev–Trinajstić information content (AvgIpc) is 2.61. The van der Waals surface area contributed by atoms with Crippen LogP contribution in [0.4, 0.5) is 0 Å². The Labute approximate surface area is 88.3 Å². The molecule has 0 unspecified atom stereocenters. The van der Waals surface area contributed by atoms with E-state index < -0.39 is 0 Å². The molecule has 4 heteroatoms. The van der Waals surface area contributed by atoms with Crippen molar-refractivity contribution in [3.63, 3.8) is 0 Å². The monoisotopic (exact) mass is 204 g/mol. The predicted molar refractivity (Wildman–Crippen MR) is 60.5 cm³/mol. The van der Waals surface area contributed by atoms with Crippen LogP contribution >= 0.6 is 0 Å². The highest BCUT2D eigenvalue weighted by molar-refractivity contribution is 5.76. The van der Waals surface area contributed by atoms with Gasteiger partial charge in [0.15, 0.2) is 0 Å². The second-order valence-electron chi connectivity index (χ2n) is 3.64. The molecular weight excluding hydrogens is 190 g/mol. The topological polar surface area (TPSA) is 66.9 Å². The summed E-state index contributed by atoms with van der Waals surface area (Å²) in [5, 5.41) is 11.2. The van der Waals surface area contributed by atoms with E-state index in [-0.39, 0.29) is 0 Å². The molecule has 0 spiro atoms. The molecule has 0 aliphatic carbocycles. The van der Waals surface area contributed by atoms with Gasteiger partial charge in [0.05, 0.1) is 17.4 Å². The zero-order chi connectivity index (χ0) is 10.7. The Balaban J connectivity index is 2.16. The van der Waals surface area contributed by atoms with Crippen LogP contribution in [0, 0.1) is 5.21 Å². The third-order valence-corrected chi connectivity index (χ3v) is 2.50. The number of hydrogen-bond acceptors (Lipinski definition) is 3. The predicted octanol–water partition coefficient (Wildman–Crippen LogP) is 1.66. The molecular formula is C11H14N3O-. The van der Waals surface area contributed by atoms with Gasteiger partial charge in [0.1, 0.15) is 0 Å². The van der Waals surface area contributed by atoms with Crippen LogP contribution in [0.2, 0.25) is 0 Å². The normalized spacial score (nSPS) is 11.0. The van der Waals surface area contributed by atoms with Gasteiger partial charge in [-0.05, 0) is 43.5 Å². The number of hydrogen-bond donors (Lipinski definition) is 1. The standard InChI is InChI=1S/C11H14N3O/c12-6-2-1-3-9-4-5-11-10(7-9)13-8-14(11)15/h4-5,7-8H,1-3,6,12H2/q-1. The Bertz CT molecular complexity index is 450. The van der Waals surface area contributed by atoms with Crippen LogP contribution in [0.1, 0.15) is 18.4 Å². The number of aryl methyl sites for hydroxylation is 1. The molecule has 4 nitrogen and oxygen atoms in total. The molecule has 0 atom stereocenters. The summed E-state index contributed by atoms with van der Waals surface area (Å²) in [6, 6.07) is 5.78. The van der Waals surface area contributed by atoms with Crippen LogP contribution in [-0.2, 0) is 6.42 Å². The lowest BCUT2D eigenvalue weighted by Crippen LogP contribution is -1.98. The van der Waals surface area contributed by atoms with Gasteiger partial charge in [0.2, 0.25) is 0 Å². The van der Waals surface area contributed by atoms with Gasteiger partial charge in [0, 0.05) is 0 Å². The Morgan fingerprint density at radius 1 is 1.33 bits per heavy atom.